The van der Waals surface area contributed by atoms with E-state index in [0.717, 1.165) is 19.3 Å². The largest absolute Gasteiger partial charge is 0.432 e. The molecule has 0 aromatic heterocycles. The Kier molecular flexibility index (Phi) is 8.18. The Balaban J connectivity index is 3.59. The van der Waals surface area contributed by atoms with Crippen LogP contribution < -0.4 is 0 Å². The van der Waals surface area contributed by atoms with Gasteiger partial charge in [-0.05, 0) is 6.42 Å². The maximum atomic E-state index is 11.0. The highest BCUT2D eigenvalue weighted by Gasteiger charge is 2.13. The summed E-state index contributed by atoms with van der Waals surface area (Å²) in [7, 11) is 0. The maximum Gasteiger partial charge on any atom is 0.350 e. The minimum absolute atomic E-state index is 0.287. The van der Waals surface area contributed by atoms with Crippen LogP contribution in [0, 0.1) is 11.3 Å². The number of carbonyl (C=O) groups excluding carboxylic acids is 1. The lowest BCUT2D eigenvalue weighted by molar-refractivity contribution is -0.163. The van der Waals surface area contributed by atoms with Crippen LogP contribution in [-0.2, 0) is 9.53 Å². The number of hydrogen-bond donors (Lipinski definition) is 1. The molecule has 0 spiro atoms. The van der Waals surface area contributed by atoms with Crippen molar-refractivity contribution in [3.8, 4) is 6.07 Å². The Bertz CT molecular complexity index is 268. The van der Waals surface area contributed by atoms with Crippen LogP contribution >= 0.6 is 0 Å². The quantitative estimate of drug-likeness (QED) is 0.226. The van der Waals surface area contributed by atoms with Gasteiger partial charge in [0.1, 0.15) is 11.6 Å². The van der Waals surface area contributed by atoms with Gasteiger partial charge in [0.25, 0.3) is 0 Å². The Hall–Kier alpha value is -1.34. The number of ether oxygens (including phenoxy) is 1. The van der Waals surface area contributed by atoms with E-state index in [1.165, 1.54) is 12.8 Å². The molecule has 0 amide bonds. The molecule has 0 aliphatic carbocycles. The average molecular weight is 225 g/mol. The van der Waals surface area contributed by atoms with E-state index >= 15 is 0 Å². The van der Waals surface area contributed by atoms with Crippen molar-refractivity contribution in [3.63, 3.8) is 0 Å². The normalized spacial score (nSPS) is 11.6. The summed E-state index contributed by atoms with van der Waals surface area (Å²) in [6, 6.07) is 1.57. The van der Waals surface area contributed by atoms with Crippen molar-refractivity contribution >= 4 is 5.97 Å². The third-order valence-electron chi connectivity index (χ3n) is 2.18. The van der Waals surface area contributed by atoms with E-state index in [4.69, 9.17) is 5.26 Å². The van der Waals surface area contributed by atoms with E-state index in [1.807, 2.05) is 0 Å². The van der Waals surface area contributed by atoms with E-state index in [9.17, 15) is 9.90 Å². The fraction of sp³-hybridized carbons (Fsp3) is 0.667. The van der Waals surface area contributed by atoms with Crippen LogP contribution in [0.2, 0.25) is 0 Å². The van der Waals surface area contributed by atoms with Crippen LogP contribution in [-0.4, -0.2) is 17.4 Å². The van der Waals surface area contributed by atoms with Crippen molar-refractivity contribution in [2.45, 2.75) is 51.7 Å². The summed E-state index contributed by atoms with van der Waals surface area (Å²) in [5.41, 5.74) is -0.287. The molecule has 0 aromatic carbocycles. The lowest BCUT2D eigenvalue weighted by Gasteiger charge is -2.10. The van der Waals surface area contributed by atoms with Crippen LogP contribution in [0.1, 0.15) is 45.4 Å². The number of rotatable bonds is 8. The first-order valence-corrected chi connectivity index (χ1v) is 5.59. The molecular weight excluding hydrogens is 206 g/mol. The molecule has 0 bridgehead atoms. The van der Waals surface area contributed by atoms with Gasteiger partial charge in [-0.15, -0.1) is 0 Å². The molecule has 0 aromatic rings. The van der Waals surface area contributed by atoms with Crippen LogP contribution in [0.4, 0.5) is 0 Å². The van der Waals surface area contributed by atoms with E-state index in [0.29, 0.717) is 6.42 Å². The molecule has 1 N–H and O–H groups in total. The molecule has 16 heavy (non-hydrogen) atoms. The summed E-state index contributed by atoms with van der Waals surface area (Å²) in [6.45, 7) is 5.33. The highest BCUT2D eigenvalue weighted by molar-refractivity contribution is 5.91. The van der Waals surface area contributed by atoms with Gasteiger partial charge in [-0.1, -0.05) is 39.2 Å². The first kappa shape index (κ1) is 14.7. The zero-order valence-corrected chi connectivity index (χ0v) is 9.74. The molecule has 90 valence electrons. The number of hydrogen-bond acceptors (Lipinski definition) is 4. The van der Waals surface area contributed by atoms with Crippen LogP contribution in [0.15, 0.2) is 12.2 Å². The standard InChI is InChI=1S/C12H19NO3/c1-3-4-5-6-7-8-11(14)16-12(15)10(2)9-13/h11,14H,2-8H2,1H3. The van der Waals surface area contributed by atoms with Crippen molar-refractivity contribution in [2.75, 3.05) is 0 Å². The van der Waals surface area contributed by atoms with Crippen molar-refractivity contribution in [1.29, 1.82) is 5.26 Å². The van der Waals surface area contributed by atoms with Gasteiger partial charge in [-0.3, -0.25) is 0 Å². The number of esters is 1. The molecule has 0 rings (SSSR count). The summed E-state index contributed by atoms with van der Waals surface area (Å²) < 4.78 is 4.60. The number of nitrogens with zero attached hydrogens (tertiary/aromatic N) is 1. The minimum atomic E-state index is -1.13. The molecule has 1 atom stereocenters. The second-order valence-electron chi connectivity index (χ2n) is 3.65. The van der Waals surface area contributed by atoms with Gasteiger partial charge in [0, 0.05) is 6.42 Å². The van der Waals surface area contributed by atoms with Gasteiger partial charge >= 0.3 is 5.97 Å². The second-order valence-corrected chi connectivity index (χ2v) is 3.65. The van der Waals surface area contributed by atoms with Crippen molar-refractivity contribution in [3.05, 3.63) is 12.2 Å². The third kappa shape index (κ3) is 7.02. The molecule has 0 fully saturated rings. The Morgan fingerprint density at radius 1 is 1.44 bits per heavy atom. The van der Waals surface area contributed by atoms with E-state index < -0.39 is 12.3 Å². The van der Waals surface area contributed by atoms with Gasteiger partial charge in [0.15, 0.2) is 0 Å². The fourth-order valence-corrected chi connectivity index (χ4v) is 1.22. The molecule has 0 saturated carbocycles. The number of nitriles is 1. The Morgan fingerprint density at radius 2 is 2.06 bits per heavy atom. The lowest BCUT2D eigenvalue weighted by Crippen LogP contribution is -2.18. The van der Waals surface area contributed by atoms with Gasteiger partial charge in [-0.2, -0.15) is 5.26 Å². The van der Waals surface area contributed by atoms with Crippen LogP contribution in [0.5, 0.6) is 0 Å². The molecular formula is C12H19NO3. The predicted octanol–water partition coefficient (Wildman–Crippen LogP) is 2.29. The fourth-order valence-electron chi connectivity index (χ4n) is 1.22. The van der Waals surface area contributed by atoms with Crippen molar-refractivity contribution in [1.82, 2.24) is 0 Å². The highest BCUT2D eigenvalue weighted by Crippen LogP contribution is 2.09. The molecule has 0 saturated heterocycles. The third-order valence-corrected chi connectivity index (χ3v) is 2.18. The summed E-state index contributed by atoms with van der Waals surface area (Å²) in [6.07, 6.45) is 4.59. The topological polar surface area (TPSA) is 70.3 Å². The van der Waals surface area contributed by atoms with E-state index in [-0.39, 0.29) is 5.57 Å². The molecule has 0 radical (unpaired) electrons. The molecule has 0 aliphatic rings. The summed E-state index contributed by atoms with van der Waals surface area (Å²) in [5.74, 6) is -0.844. The summed E-state index contributed by atoms with van der Waals surface area (Å²) >= 11 is 0. The van der Waals surface area contributed by atoms with Gasteiger partial charge in [-0.25, -0.2) is 4.79 Å². The Labute approximate surface area is 96.5 Å². The van der Waals surface area contributed by atoms with Crippen LogP contribution in [0.25, 0.3) is 0 Å². The monoisotopic (exact) mass is 225 g/mol. The zero-order chi connectivity index (χ0) is 12.4. The van der Waals surface area contributed by atoms with E-state index in [1.54, 1.807) is 6.07 Å². The number of unbranched alkanes of at least 4 members (excludes halogenated alkanes) is 4. The number of aliphatic hydroxyl groups is 1. The second kappa shape index (κ2) is 8.93. The SMILES string of the molecule is C=C(C#N)C(=O)OC(O)CCCCCCC. The van der Waals surface area contributed by atoms with Gasteiger partial charge in [0.2, 0.25) is 6.29 Å². The van der Waals surface area contributed by atoms with Crippen molar-refractivity contribution in [2.24, 2.45) is 0 Å². The molecule has 4 heteroatoms. The average Bonchev–Trinajstić information content (AvgIpc) is 2.27. The number of carbonyl (C=O) groups is 1. The molecule has 1 unspecified atom stereocenters. The number of aliphatic hydroxyl groups excluding tert-OH is 1. The highest BCUT2D eigenvalue weighted by atomic mass is 16.6. The summed E-state index contributed by atoms with van der Waals surface area (Å²) in [4.78, 5) is 11.0. The van der Waals surface area contributed by atoms with Gasteiger partial charge in [0.05, 0.1) is 0 Å². The molecule has 0 heterocycles. The maximum absolute atomic E-state index is 11.0. The first-order valence-electron chi connectivity index (χ1n) is 5.59. The van der Waals surface area contributed by atoms with Crippen LogP contribution in [0.3, 0.4) is 0 Å². The minimum Gasteiger partial charge on any atom is -0.432 e. The summed E-state index contributed by atoms with van der Waals surface area (Å²) in [5, 5.41) is 17.7. The van der Waals surface area contributed by atoms with Crippen molar-refractivity contribution < 1.29 is 14.6 Å². The lowest BCUT2D eigenvalue weighted by atomic mass is 10.1. The first-order chi connectivity index (χ1) is 7.61. The zero-order valence-electron chi connectivity index (χ0n) is 9.74. The predicted molar refractivity (Wildman–Crippen MR) is 60.2 cm³/mol. The Morgan fingerprint density at radius 3 is 2.62 bits per heavy atom. The molecule has 4 nitrogen and oxygen atoms in total. The molecule has 0 aliphatic heterocycles. The van der Waals surface area contributed by atoms with Gasteiger partial charge < -0.3 is 9.84 Å². The smallest absolute Gasteiger partial charge is 0.350 e. The van der Waals surface area contributed by atoms with E-state index in [2.05, 4.69) is 18.2 Å².